The molecular formula is C21H24N4O5. The lowest BCUT2D eigenvalue weighted by Gasteiger charge is -2.36. The van der Waals surface area contributed by atoms with Crippen molar-refractivity contribution in [1.82, 2.24) is 10.2 Å². The molecule has 30 heavy (non-hydrogen) atoms. The predicted molar refractivity (Wildman–Crippen MR) is 111 cm³/mol. The minimum absolute atomic E-state index is 0.0115. The number of nitrogens with one attached hydrogen (secondary N) is 1. The summed E-state index contributed by atoms with van der Waals surface area (Å²) in [6, 6.07) is 15.9. The largest absolute Gasteiger partial charge is 0.477 e. The maximum Gasteiger partial charge on any atom is 0.310 e. The van der Waals surface area contributed by atoms with Crippen LogP contribution in [0.2, 0.25) is 0 Å². The van der Waals surface area contributed by atoms with Crippen molar-refractivity contribution in [3.8, 4) is 5.75 Å². The molecule has 0 aliphatic carbocycles. The number of anilines is 1. The molecule has 2 aromatic carbocycles. The highest BCUT2D eigenvalue weighted by Crippen LogP contribution is 2.25. The minimum Gasteiger partial charge on any atom is -0.477 e. The van der Waals surface area contributed by atoms with Crippen LogP contribution in [0.25, 0.3) is 0 Å². The van der Waals surface area contributed by atoms with Crippen LogP contribution in [0.5, 0.6) is 5.75 Å². The van der Waals surface area contributed by atoms with Crippen LogP contribution >= 0.6 is 0 Å². The average Bonchev–Trinajstić information content (AvgIpc) is 2.78. The van der Waals surface area contributed by atoms with Crippen LogP contribution in [0.4, 0.5) is 11.4 Å². The molecule has 9 heteroatoms. The number of para-hydroxylation sites is 3. The number of amides is 2. The monoisotopic (exact) mass is 412 g/mol. The molecule has 0 atom stereocenters. The molecule has 1 N–H and O–H groups in total. The number of piperazine rings is 1. The van der Waals surface area contributed by atoms with Crippen molar-refractivity contribution in [2.75, 3.05) is 44.2 Å². The standard InChI is InChI=1S/C21H24N4O5/c26-20(16-30-19-9-5-4-8-18(19)25(28)29)22-11-10-21(27)24-14-12-23(13-15-24)17-6-2-1-3-7-17/h1-9H,10-16H2,(H,22,26). The molecule has 158 valence electrons. The molecule has 0 aromatic heterocycles. The van der Waals surface area contributed by atoms with Gasteiger partial charge in [-0.15, -0.1) is 0 Å². The van der Waals surface area contributed by atoms with E-state index in [1.54, 1.807) is 11.0 Å². The number of benzene rings is 2. The molecule has 0 unspecified atom stereocenters. The third-order valence-corrected chi connectivity index (χ3v) is 4.84. The Kier molecular flexibility index (Phi) is 7.20. The average molecular weight is 412 g/mol. The highest BCUT2D eigenvalue weighted by molar-refractivity contribution is 5.80. The van der Waals surface area contributed by atoms with Crippen molar-refractivity contribution < 1.29 is 19.2 Å². The number of carbonyl (C=O) groups is 2. The molecule has 2 amide bonds. The maximum absolute atomic E-state index is 12.4. The zero-order valence-corrected chi connectivity index (χ0v) is 16.5. The summed E-state index contributed by atoms with van der Waals surface area (Å²) in [5.41, 5.74) is 0.950. The molecule has 1 aliphatic heterocycles. The summed E-state index contributed by atoms with van der Waals surface area (Å²) >= 11 is 0. The Bertz CT molecular complexity index is 882. The third kappa shape index (κ3) is 5.69. The van der Waals surface area contributed by atoms with Crippen molar-refractivity contribution in [1.29, 1.82) is 0 Å². The van der Waals surface area contributed by atoms with E-state index >= 15 is 0 Å². The lowest BCUT2D eigenvalue weighted by molar-refractivity contribution is -0.385. The molecule has 1 aliphatic rings. The summed E-state index contributed by atoms with van der Waals surface area (Å²) in [6.07, 6.45) is 0.197. The van der Waals surface area contributed by atoms with Crippen molar-refractivity contribution >= 4 is 23.2 Å². The van der Waals surface area contributed by atoms with Crippen molar-refractivity contribution in [2.24, 2.45) is 0 Å². The normalized spacial score (nSPS) is 13.6. The van der Waals surface area contributed by atoms with Gasteiger partial charge in [-0.25, -0.2) is 0 Å². The van der Waals surface area contributed by atoms with Gasteiger partial charge in [-0.05, 0) is 18.2 Å². The SMILES string of the molecule is O=C(COc1ccccc1[N+](=O)[O-])NCCC(=O)N1CCN(c2ccccc2)CC1. The summed E-state index contributed by atoms with van der Waals surface area (Å²) < 4.78 is 5.23. The molecule has 1 saturated heterocycles. The summed E-state index contributed by atoms with van der Waals surface area (Å²) in [4.78, 5) is 38.7. The molecule has 0 bridgehead atoms. The quantitative estimate of drug-likeness (QED) is 0.524. The minimum atomic E-state index is -0.566. The van der Waals surface area contributed by atoms with Crippen molar-refractivity contribution in [2.45, 2.75) is 6.42 Å². The van der Waals surface area contributed by atoms with Gasteiger partial charge < -0.3 is 19.9 Å². The van der Waals surface area contributed by atoms with Gasteiger partial charge in [0.2, 0.25) is 5.91 Å². The fraction of sp³-hybridized carbons (Fsp3) is 0.333. The molecule has 1 heterocycles. The highest BCUT2D eigenvalue weighted by Gasteiger charge is 2.21. The highest BCUT2D eigenvalue weighted by atomic mass is 16.6. The number of carbonyl (C=O) groups excluding carboxylic acids is 2. The van der Waals surface area contributed by atoms with E-state index in [9.17, 15) is 19.7 Å². The lowest BCUT2D eigenvalue weighted by Crippen LogP contribution is -2.49. The van der Waals surface area contributed by atoms with Crippen LogP contribution in [0.1, 0.15) is 6.42 Å². The summed E-state index contributed by atoms with van der Waals surface area (Å²) in [5.74, 6) is -0.414. The fourth-order valence-corrected chi connectivity index (χ4v) is 3.24. The van der Waals surface area contributed by atoms with Crippen LogP contribution in [0.15, 0.2) is 54.6 Å². The molecule has 0 spiro atoms. The first-order valence-electron chi connectivity index (χ1n) is 9.75. The lowest BCUT2D eigenvalue weighted by atomic mass is 10.2. The Hall–Kier alpha value is -3.62. The summed E-state index contributed by atoms with van der Waals surface area (Å²) in [7, 11) is 0. The van der Waals surface area contributed by atoms with Gasteiger partial charge in [0.25, 0.3) is 5.91 Å². The van der Waals surface area contributed by atoms with Crippen LogP contribution in [-0.2, 0) is 9.59 Å². The number of nitro groups is 1. The molecule has 9 nitrogen and oxygen atoms in total. The smallest absolute Gasteiger partial charge is 0.310 e. The Balaban J connectivity index is 1.36. The van der Waals surface area contributed by atoms with E-state index in [4.69, 9.17) is 4.74 Å². The van der Waals surface area contributed by atoms with Crippen LogP contribution < -0.4 is 15.0 Å². The van der Waals surface area contributed by atoms with Crippen LogP contribution in [0, 0.1) is 10.1 Å². The Morgan fingerprint density at radius 3 is 2.37 bits per heavy atom. The number of hydrogen-bond donors (Lipinski definition) is 1. The van der Waals surface area contributed by atoms with Gasteiger partial charge in [-0.2, -0.15) is 0 Å². The molecular weight excluding hydrogens is 388 g/mol. The van der Waals surface area contributed by atoms with Gasteiger partial charge in [0.1, 0.15) is 0 Å². The number of hydrogen-bond acceptors (Lipinski definition) is 6. The molecule has 0 radical (unpaired) electrons. The Morgan fingerprint density at radius 2 is 1.67 bits per heavy atom. The molecule has 0 saturated carbocycles. The van der Waals surface area contributed by atoms with Crippen molar-refractivity contribution in [3.63, 3.8) is 0 Å². The van der Waals surface area contributed by atoms with E-state index in [-0.39, 0.29) is 36.9 Å². The summed E-state index contributed by atoms with van der Waals surface area (Å²) in [6.45, 7) is 2.66. The molecule has 1 fully saturated rings. The predicted octanol–water partition coefficient (Wildman–Crippen LogP) is 1.83. The Labute approximate surface area is 174 Å². The van der Waals surface area contributed by atoms with E-state index in [0.29, 0.717) is 13.1 Å². The van der Waals surface area contributed by atoms with Gasteiger partial charge >= 0.3 is 5.69 Å². The second-order valence-electron chi connectivity index (χ2n) is 6.82. The molecule has 3 rings (SSSR count). The Morgan fingerprint density at radius 1 is 1.00 bits per heavy atom. The van der Waals surface area contributed by atoms with Gasteiger partial charge in [0.15, 0.2) is 12.4 Å². The second-order valence-corrected chi connectivity index (χ2v) is 6.82. The van der Waals surface area contributed by atoms with Gasteiger partial charge in [0.05, 0.1) is 4.92 Å². The zero-order valence-electron chi connectivity index (χ0n) is 16.5. The topological polar surface area (TPSA) is 105 Å². The second kappa shape index (κ2) is 10.2. The van der Waals surface area contributed by atoms with Gasteiger partial charge in [-0.3, -0.25) is 19.7 Å². The van der Waals surface area contributed by atoms with Gasteiger partial charge in [-0.1, -0.05) is 30.3 Å². The van der Waals surface area contributed by atoms with E-state index < -0.39 is 10.8 Å². The van der Waals surface area contributed by atoms with Crippen LogP contribution in [0.3, 0.4) is 0 Å². The fourth-order valence-electron chi connectivity index (χ4n) is 3.24. The maximum atomic E-state index is 12.4. The van der Waals surface area contributed by atoms with E-state index in [2.05, 4.69) is 22.3 Å². The van der Waals surface area contributed by atoms with E-state index in [1.165, 1.54) is 18.2 Å². The number of rotatable bonds is 8. The van der Waals surface area contributed by atoms with E-state index in [1.807, 2.05) is 18.2 Å². The van der Waals surface area contributed by atoms with Crippen LogP contribution in [-0.4, -0.2) is 61.0 Å². The number of nitrogens with zero attached hydrogens (tertiary/aromatic N) is 3. The first kappa shape index (κ1) is 21.1. The number of ether oxygens (including phenoxy) is 1. The zero-order chi connectivity index (χ0) is 21.3. The summed E-state index contributed by atoms with van der Waals surface area (Å²) in [5, 5.41) is 13.6. The van der Waals surface area contributed by atoms with Gasteiger partial charge in [0, 0.05) is 50.9 Å². The third-order valence-electron chi connectivity index (χ3n) is 4.84. The van der Waals surface area contributed by atoms with E-state index in [0.717, 1.165) is 18.8 Å². The first-order chi connectivity index (χ1) is 14.5. The number of nitro benzene ring substituents is 1. The van der Waals surface area contributed by atoms with Crippen molar-refractivity contribution in [3.05, 3.63) is 64.7 Å². The first-order valence-corrected chi connectivity index (χ1v) is 9.75. The molecule has 2 aromatic rings.